The van der Waals surface area contributed by atoms with E-state index in [9.17, 15) is 4.79 Å². The lowest BCUT2D eigenvalue weighted by molar-refractivity contribution is -0.113. The lowest BCUT2D eigenvalue weighted by Gasteiger charge is -2.29. The van der Waals surface area contributed by atoms with Crippen LogP contribution in [-0.4, -0.2) is 34.9 Å². The van der Waals surface area contributed by atoms with Crippen molar-refractivity contribution in [1.29, 1.82) is 0 Å². The number of carbonyl (C=O) groups is 1. The Morgan fingerprint density at radius 3 is 2.49 bits per heavy atom. The Hall–Kier alpha value is -4.21. The number of rotatable bonds is 8. The summed E-state index contributed by atoms with van der Waals surface area (Å²) < 4.78 is 18.4. The van der Waals surface area contributed by atoms with Gasteiger partial charge in [-0.15, -0.1) is 0 Å². The van der Waals surface area contributed by atoms with Crippen LogP contribution in [-0.2, 0) is 11.4 Å². The maximum atomic E-state index is 13.7. The second-order valence-corrected chi connectivity index (χ2v) is 9.54. The second-order valence-electron chi connectivity index (χ2n) is 8.72. The van der Waals surface area contributed by atoms with Crippen LogP contribution in [0.3, 0.4) is 0 Å². The molecule has 0 saturated carbocycles. The van der Waals surface area contributed by atoms with Crippen molar-refractivity contribution in [2.24, 2.45) is 0 Å². The first kappa shape index (κ1) is 26.4. The fourth-order valence-corrected chi connectivity index (χ4v) is 4.66. The third-order valence-electron chi connectivity index (χ3n) is 6.28. The van der Waals surface area contributed by atoms with E-state index >= 15 is 0 Å². The molecule has 1 atom stereocenters. The first-order chi connectivity index (χ1) is 18.9. The van der Waals surface area contributed by atoms with Crippen molar-refractivity contribution in [3.05, 3.63) is 99.4 Å². The van der Waals surface area contributed by atoms with E-state index in [2.05, 4.69) is 20.7 Å². The largest absolute Gasteiger partial charge is 0.497 e. The highest BCUT2D eigenvalue weighted by Crippen LogP contribution is 2.37. The lowest BCUT2D eigenvalue weighted by atomic mass is 9.95. The van der Waals surface area contributed by atoms with E-state index in [1.807, 2.05) is 37.3 Å². The van der Waals surface area contributed by atoms with Crippen LogP contribution in [0.15, 0.2) is 78.3 Å². The molecular weight excluding hydrogens is 541 g/mol. The van der Waals surface area contributed by atoms with Gasteiger partial charge in [0.2, 0.25) is 5.95 Å². The van der Waals surface area contributed by atoms with E-state index in [0.29, 0.717) is 56.8 Å². The van der Waals surface area contributed by atoms with Crippen LogP contribution >= 0.6 is 23.2 Å². The molecule has 0 bridgehead atoms. The molecule has 11 heteroatoms. The molecule has 0 radical (unpaired) electrons. The number of carbonyl (C=O) groups excluding carboxylic acids is 1. The summed E-state index contributed by atoms with van der Waals surface area (Å²) in [5, 5.41) is 11.5. The van der Waals surface area contributed by atoms with Crippen molar-refractivity contribution in [3.8, 4) is 17.2 Å². The normalized spacial score (nSPS) is 14.3. The van der Waals surface area contributed by atoms with E-state index in [1.54, 1.807) is 49.2 Å². The highest BCUT2D eigenvalue weighted by atomic mass is 35.5. The van der Waals surface area contributed by atoms with Crippen molar-refractivity contribution in [1.82, 2.24) is 14.8 Å². The van der Waals surface area contributed by atoms with Gasteiger partial charge in [-0.05, 0) is 54.4 Å². The second kappa shape index (κ2) is 11.3. The van der Waals surface area contributed by atoms with Gasteiger partial charge in [0.25, 0.3) is 5.91 Å². The van der Waals surface area contributed by atoms with Crippen molar-refractivity contribution in [2.45, 2.75) is 19.6 Å². The standard InChI is InChI=1S/C28H25Cl2N5O4/c1-16-25(27(36)34-23-13-20(37-2)9-11-24(23)38-3)26(35-28(33-16)31-15-32-35)18-5-7-19(8-6-18)39-14-17-4-10-21(29)22(30)12-17/h4-13,15,26H,14H2,1-3H3,(H,34,36)(H,31,32,33)/t26-/m1/s1. The number of fused-ring (bicyclic) bond motifs is 1. The molecule has 0 spiro atoms. The minimum Gasteiger partial charge on any atom is -0.497 e. The molecule has 0 fully saturated rings. The van der Waals surface area contributed by atoms with Gasteiger partial charge in [0.1, 0.15) is 36.2 Å². The van der Waals surface area contributed by atoms with Gasteiger partial charge in [-0.3, -0.25) is 4.79 Å². The van der Waals surface area contributed by atoms with Crippen LogP contribution in [0, 0.1) is 0 Å². The van der Waals surface area contributed by atoms with E-state index in [-0.39, 0.29) is 5.91 Å². The number of allylic oxidation sites excluding steroid dienone is 1. The average Bonchev–Trinajstić information content (AvgIpc) is 3.41. The van der Waals surface area contributed by atoms with Crippen LogP contribution in [0.2, 0.25) is 10.0 Å². The summed E-state index contributed by atoms with van der Waals surface area (Å²) in [7, 11) is 3.10. The van der Waals surface area contributed by atoms with E-state index in [0.717, 1.165) is 11.1 Å². The quantitative estimate of drug-likeness (QED) is 0.266. The third kappa shape index (κ3) is 5.50. The number of amides is 1. The summed E-state index contributed by atoms with van der Waals surface area (Å²) in [6.07, 6.45) is 1.45. The predicted molar refractivity (Wildman–Crippen MR) is 150 cm³/mol. The smallest absolute Gasteiger partial charge is 0.255 e. The first-order valence-corrected chi connectivity index (χ1v) is 12.7. The van der Waals surface area contributed by atoms with Crippen molar-refractivity contribution < 1.29 is 19.0 Å². The van der Waals surface area contributed by atoms with Crippen LogP contribution in [0.4, 0.5) is 11.6 Å². The molecule has 0 unspecified atom stereocenters. The Labute approximate surface area is 235 Å². The molecule has 1 amide bonds. The molecule has 0 aliphatic carbocycles. The minimum atomic E-state index is -0.538. The Morgan fingerprint density at radius 2 is 1.77 bits per heavy atom. The third-order valence-corrected chi connectivity index (χ3v) is 7.02. The van der Waals surface area contributed by atoms with Gasteiger partial charge in [-0.1, -0.05) is 41.4 Å². The maximum Gasteiger partial charge on any atom is 0.255 e. The van der Waals surface area contributed by atoms with Gasteiger partial charge in [0, 0.05) is 11.8 Å². The first-order valence-electron chi connectivity index (χ1n) is 11.9. The summed E-state index contributed by atoms with van der Waals surface area (Å²) in [5.41, 5.74) is 3.33. The summed E-state index contributed by atoms with van der Waals surface area (Å²) in [5.74, 6) is 1.97. The fourth-order valence-electron chi connectivity index (χ4n) is 4.34. The van der Waals surface area contributed by atoms with Gasteiger partial charge >= 0.3 is 0 Å². The zero-order valence-electron chi connectivity index (χ0n) is 21.4. The monoisotopic (exact) mass is 565 g/mol. The van der Waals surface area contributed by atoms with Crippen molar-refractivity contribution in [3.63, 3.8) is 0 Å². The number of nitrogens with zero attached hydrogens (tertiary/aromatic N) is 3. The number of aromatic nitrogens is 3. The van der Waals surface area contributed by atoms with Crippen molar-refractivity contribution >= 4 is 40.7 Å². The molecule has 3 aromatic carbocycles. The molecule has 4 aromatic rings. The molecule has 39 heavy (non-hydrogen) atoms. The molecule has 9 nitrogen and oxygen atoms in total. The molecule has 2 N–H and O–H groups in total. The number of benzene rings is 3. The highest BCUT2D eigenvalue weighted by molar-refractivity contribution is 6.42. The van der Waals surface area contributed by atoms with Gasteiger partial charge in [0.05, 0.1) is 35.5 Å². The summed E-state index contributed by atoms with van der Waals surface area (Å²) in [6.45, 7) is 2.16. The number of anilines is 2. The Balaban J connectivity index is 1.42. The topological polar surface area (TPSA) is 99.5 Å². The summed E-state index contributed by atoms with van der Waals surface area (Å²) in [4.78, 5) is 18.0. The molecule has 1 aliphatic rings. The lowest BCUT2D eigenvalue weighted by Crippen LogP contribution is -2.31. The molecule has 1 aliphatic heterocycles. The molecule has 0 saturated heterocycles. The van der Waals surface area contributed by atoms with E-state index < -0.39 is 6.04 Å². The zero-order valence-corrected chi connectivity index (χ0v) is 22.9. The number of hydrogen-bond donors (Lipinski definition) is 2. The minimum absolute atomic E-state index is 0.322. The molecule has 200 valence electrons. The SMILES string of the molecule is COc1ccc(OC)c(NC(=O)C2=C(C)Nc3ncnn3[C@@H]2c2ccc(OCc3ccc(Cl)c(Cl)c3)cc2)c1. The van der Waals surface area contributed by atoms with Gasteiger partial charge in [-0.2, -0.15) is 10.1 Å². The number of ether oxygens (including phenoxy) is 3. The van der Waals surface area contributed by atoms with Crippen molar-refractivity contribution in [2.75, 3.05) is 24.9 Å². The molecule has 5 rings (SSSR count). The number of nitrogens with one attached hydrogen (secondary N) is 2. The summed E-state index contributed by atoms with van der Waals surface area (Å²) in [6, 6.07) is 17.5. The van der Waals surface area contributed by atoms with Crippen LogP contribution in [0.25, 0.3) is 0 Å². The van der Waals surface area contributed by atoms with Gasteiger partial charge < -0.3 is 24.8 Å². The van der Waals surface area contributed by atoms with Gasteiger partial charge in [0.15, 0.2) is 0 Å². The van der Waals surface area contributed by atoms with Gasteiger partial charge in [-0.25, -0.2) is 4.68 Å². The number of hydrogen-bond acceptors (Lipinski definition) is 7. The Kier molecular flexibility index (Phi) is 7.63. The zero-order chi connectivity index (χ0) is 27.5. The maximum absolute atomic E-state index is 13.7. The Morgan fingerprint density at radius 1 is 1.00 bits per heavy atom. The van der Waals surface area contributed by atoms with E-state index in [4.69, 9.17) is 37.4 Å². The number of halogens is 2. The highest BCUT2D eigenvalue weighted by Gasteiger charge is 2.33. The van der Waals surface area contributed by atoms with Crippen LogP contribution < -0.4 is 24.8 Å². The van der Waals surface area contributed by atoms with E-state index in [1.165, 1.54) is 6.33 Å². The fraction of sp³-hybridized carbons (Fsp3) is 0.179. The molecule has 2 heterocycles. The summed E-state index contributed by atoms with van der Waals surface area (Å²) >= 11 is 12.1. The Bertz CT molecular complexity index is 1550. The van der Waals surface area contributed by atoms with Crippen LogP contribution in [0.1, 0.15) is 24.1 Å². The number of methoxy groups -OCH3 is 2. The molecular formula is C28H25Cl2N5O4. The molecule has 1 aromatic heterocycles. The predicted octanol–water partition coefficient (Wildman–Crippen LogP) is 6.11. The average molecular weight is 566 g/mol. The van der Waals surface area contributed by atoms with Crippen LogP contribution in [0.5, 0.6) is 17.2 Å².